The fraction of sp³-hybridized carbons (Fsp3) is 0.667. The van der Waals surface area contributed by atoms with Crippen molar-refractivity contribution in [3.8, 4) is 0 Å². The van der Waals surface area contributed by atoms with Crippen LogP contribution in [0.3, 0.4) is 0 Å². The lowest BCUT2D eigenvalue weighted by Crippen LogP contribution is -2.46. The minimum absolute atomic E-state index is 0.207. The summed E-state index contributed by atoms with van der Waals surface area (Å²) in [6.07, 6.45) is 3.99. The standard InChI is InChI=1S/C24H35FN4O3/c1-14-5-7-15(8-6-14)20(26)22-27-17-10-9-16(19(25)21(17)28-22)18-13-31-12-11-29(18)23(30)32-24(2,3)4/h9-10,14-15,18,20H,5-8,11-13,26H2,1-4H3,(H,27,28). The number of halogens is 1. The van der Waals surface area contributed by atoms with Crippen LogP contribution >= 0.6 is 0 Å². The van der Waals surface area contributed by atoms with Gasteiger partial charge in [-0.1, -0.05) is 25.8 Å². The number of nitrogens with zero attached hydrogens (tertiary/aromatic N) is 2. The van der Waals surface area contributed by atoms with Crippen molar-refractivity contribution >= 4 is 17.1 Å². The van der Waals surface area contributed by atoms with Crippen molar-refractivity contribution in [3.63, 3.8) is 0 Å². The van der Waals surface area contributed by atoms with Crippen LogP contribution in [-0.4, -0.2) is 46.3 Å². The van der Waals surface area contributed by atoms with E-state index in [9.17, 15) is 4.79 Å². The number of morpholine rings is 1. The number of carbonyl (C=O) groups is 1. The van der Waals surface area contributed by atoms with E-state index in [1.807, 2.05) is 26.8 Å². The molecule has 8 heteroatoms. The number of aromatic nitrogens is 2. The molecule has 0 radical (unpaired) electrons. The minimum Gasteiger partial charge on any atom is -0.444 e. The molecular weight excluding hydrogens is 411 g/mol. The van der Waals surface area contributed by atoms with Crippen LogP contribution in [-0.2, 0) is 9.47 Å². The first kappa shape index (κ1) is 23.0. The quantitative estimate of drug-likeness (QED) is 0.704. The smallest absolute Gasteiger partial charge is 0.410 e. The molecular formula is C24H35FN4O3. The van der Waals surface area contributed by atoms with Gasteiger partial charge in [0.25, 0.3) is 0 Å². The summed E-state index contributed by atoms with van der Waals surface area (Å²) in [6.45, 7) is 8.65. The number of imidazole rings is 1. The highest BCUT2D eigenvalue weighted by Crippen LogP contribution is 2.36. The number of fused-ring (bicyclic) bond motifs is 1. The van der Waals surface area contributed by atoms with Gasteiger partial charge in [-0.05, 0) is 51.5 Å². The number of hydrogen-bond acceptors (Lipinski definition) is 5. The number of benzene rings is 1. The molecule has 0 bridgehead atoms. The van der Waals surface area contributed by atoms with Gasteiger partial charge in [-0.25, -0.2) is 14.2 Å². The maximum absolute atomic E-state index is 15.6. The van der Waals surface area contributed by atoms with Gasteiger partial charge in [-0.3, -0.25) is 4.90 Å². The first-order valence-corrected chi connectivity index (χ1v) is 11.6. The molecule has 2 fully saturated rings. The Balaban J connectivity index is 1.60. The normalized spacial score (nSPS) is 25.7. The zero-order valence-electron chi connectivity index (χ0n) is 19.5. The van der Waals surface area contributed by atoms with Gasteiger partial charge in [-0.2, -0.15) is 0 Å². The van der Waals surface area contributed by atoms with Crippen LogP contribution in [0.4, 0.5) is 9.18 Å². The molecule has 1 saturated carbocycles. The van der Waals surface area contributed by atoms with Crippen molar-refractivity contribution in [2.75, 3.05) is 19.8 Å². The second-order valence-corrected chi connectivity index (χ2v) is 10.3. The van der Waals surface area contributed by atoms with Crippen LogP contribution in [0.5, 0.6) is 0 Å². The summed E-state index contributed by atoms with van der Waals surface area (Å²) < 4.78 is 26.8. The molecule has 176 valence electrons. The third-order valence-electron chi connectivity index (χ3n) is 6.64. The summed E-state index contributed by atoms with van der Waals surface area (Å²) >= 11 is 0. The number of aromatic amines is 1. The zero-order chi connectivity index (χ0) is 23.0. The lowest BCUT2D eigenvalue weighted by atomic mass is 9.79. The van der Waals surface area contributed by atoms with Gasteiger partial charge in [0.1, 0.15) is 16.9 Å². The molecule has 2 atom stereocenters. The average Bonchev–Trinajstić information content (AvgIpc) is 3.18. The molecule has 0 spiro atoms. The highest BCUT2D eigenvalue weighted by Gasteiger charge is 2.34. The van der Waals surface area contributed by atoms with Gasteiger partial charge in [0.2, 0.25) is 0 Å². The number of carbonyl (C=O) groups excluding carboxylic acids is 1. The molecule has 2 aliphatic rings. The van der Waals surface area contributed by atoms with E-state index >= 15 is 4.39 Å². The van der Waals surface area contributed by atoms with Crippen molar-refractivity contribution in [1.29, 1.82) is 0 Å². The Labute approximate surface area is 188 Å². The van der Waals surface area contributed by atoms with Crippen LogP contribution in [0.25, 0.3) is 11.0 Å². The molecule has 3 N–H and O–H groups in total. The fourth-order valence-corrected chi connectivity index (χ4v) is 4.76. The van der Waals surface area contributed by atoms with E-state index in [1.165, 1.54) is 12.8 Å². The molecule has 1 amide bonds. The largest absolute Gasteiger partial charge is 0.444 e. The number of nitrogens with two attached hydrogens (primary N) is 1. The molecule has 1 aliphatic carbocycles. The van der Waals surface area contributed by atoms with Gasteiger partial charge in [-0.15, -0.1) is 0 Å². The van der Waals surface area contributed by atoms with Crippen molar-refractivity contribution in [1.82, 2.24) is 14.9 Å². The monoisotopic (exact) mass is 446 g/mol. The summed E-state index contributed by atoms with van der Waals surface area (Å²) in [5, 5.41) is 0. The van der Waals surface area contributed by atoms with Gasteiger partial charge in [0.05, 0.1) is 30.8 Å². The maximum Gasteiger partial charge on any atom is 0.410 e. The van der Waals surface area contributed by atoms with E-state index < -0.39 is 23.6 Å². The highest BCUT2D eigenvalue weighted by atomic mass is 19.1. The van der Waals surface area contributed by atoms with Crippen LogP contribution in [0.2, 0.25) is 0 Å². The maximum atomic E-state index is 15.6. The Morgan fingerprint density at radius 2 is 2.03 bits per heavy atom. The molecule has 1 aromatic carbocycles. The number of H-pyrrole nitrogens is 1. The molecule has 32 heavy (non-hydrogen) atoms. The van der Waals surface area contributed by atoms with Crippen molar-refractivity contribution in [2.45, 2.75) is 71.1 Å². The Morgan fingerprint density at radius 3 is 2.72 bits per heavy atom. The molecule has 2 aromatic rings. The van der Waals surface area contributed by atoms with Crippen LogP contribution < -0.4 is 5.73 Å². The Kier molecular flexibility index (Phi) is 6.45. The van der Waals surface area contributed by atoms with Crippen molar-refractivity contribution in [3.05, 3.63) is 29.3 Å². The van der Waals surface area contributed by atoms with E-state index in [0.29, 0.717) is 36.0 Å². The summed E-state index contributed by atoms with van der Waals surface area (Å²) in [7, 11) is 0. The van der Waals surface area contributed by atoms with E-state index in [2.05, 4.69) is 16.9 Å². The van der Waals surface area contributed by atoms with E-state index in [1.54, 1.807) is 11.0 Å². The van der Waals surface area contributed by atoms with Gasteiger partial charge >= 0.3 is 6.09 Å². The summed E-state index contributed by atoms with van der Waals surface area (Å²) in [4.78, 5) is 22.1. The third-order valence-corrected chi connectivity index (χ3v) is 6.64. The summed E-state index contributed by atoms with van der Waals surface area (Å²) in [5.41, 5.74) is 7.14. The molecule has 1 saturated heterocycles. The molecule has 1 aromatic heterocycles. The minimum atomic E-state index is -0.632. The Bertz CT molecular complexity index is 962. The summed E-state index contributed by atoms with van der Waals surface area (Å²) in [5.74, 6) is 1.27. The average molecular weight is 447 g/mol. The second kappa shape index (κ2) is 8.98. The lowest BCUT2D eigenvalue weighted by molar-refractivity contribution is -0.0337. The van der Waals surface area contributed by atoms with Crippen LogP contribution in [0.15, 0.2) is 12.1 Å². The number of ether oxygens (including phenoxy) is 2. The molecule has 2 heterocycles. The number of nitrogens with one attached hydrogen (secondary N) is 1. The van der Waals surface area contributed by atoms with E-state index in [4.69, 9.17) is 15.2 Å². The topological polar surface area (TPSA) is 93.5 Å². The van der Waals surface area contributed by atoms with E-state index in [-0.39, 0.29) is 18.2 Å². The van der Waals surface area contributed by atoms with Crippen LogP contribution in [0, 0.1) is 17.7 Å². The zero-order valence-corrected chi connectivity index (χ0v) is 19.5. The molecule has 4 rings (SSSR count). The molecule has 1 aliphatic heterocycles. The van der Waals surface area contributed by atoms with Crippen molar-refractivity contribution in [2.24, 2.45) is 17.6 Å². The van der Waals surface area contributed by atoms with E-state index in [0.717, 1.165) is 18.8 Å². The van der Waals surface area contributed by atoms with Gasteiger partial charge < -0.3 is 20.2 Å². The first-order chi connectivity index (χ1) is 15.1. The van der Waals surface area contributed by atoms with Crippen molar-refractivity contribution < 1.29 is 18.7 Å². The van der Waals surface area contributed by atoms with Gasteiger partial charge in [0.15, 0.2) is 5.82 Å². The Morgan fingerprint density at radius 1 is 1.31 bits per heavy atom. The first-order valence-electron chi connectivity index (χ1n) is 11.6. The fourth-order valence-electron chi connectivity index (χ4n) is 4.76. The number of hydrogen-bond donors (Lipinski definition) is 2. The van der Waals surface area contributed by atoms with Crippen LogP contribution in [0.1, 0.15) is 76.8 Å². The summed E-state index contributed by atoms with van der Waals surface area (Å²) in [6, 6.07) is 2.69. The predicted octanol–water partition coefficient (Wildman–Crippen LogP) is 4.84. The predicted molar refractivity (Wildman–Crippen MR) is 121 cm³/mol. The number of amides is 1. The SMILES string of the molecule is CC1CCC(C(N)c2nc3c(F)c(C4COCCN4C(=O)OC(C)(C)C)ccc3[nH]2)CC1. The second-order valence-electron chi connectivity index (χ2n) is 10.3. The Hall–Kier alpha value is -2.19. The lowest BCUT2D eigenvalue weighted by Gasteiger charge is -2.36. The molecule has 7 nitrogen and oxygen atoms in total. The molecule has 2 unspecified atom stereocenters. The third kappa shape index (κ3) is 4.76. The van der Waals surface area contributed by atoms with Gasteiger partial charge in [0, 0.05) is 12.1 Å². The highest BCUT2D eigenvalue weighted by molar-refractivity contribution is 5.77. The number of rotatable bonds is 3.